The summed E-state index contributed by atoms with van der Waals surface area (Å²) in [4.78, 5) is 15.3. The van der Waals surface area contributed by atoms with E-state index in [4.69, 9.17) is 4.52 Å². The van der Waals surface area contributed by atoms with Crippen LogP contribution in [0, 0.1) is 13.8 Å². The second-order valence-electron chi connectivity index (χ2n) is 6.38. The van der Waals surface area contributed by atoms with Gasteiger partial charge in [0.05, 0.1) is 11.3 Å². The van der Waals surface area contributed by atoms with Crippen LogP contribution in [0.1, 0.15) is 32.9 Å². The van der Waals surface area contributed by atoms with E-state index in [0.717, 1.165) is 39.2 Å². The zero-order valence-corrected chi connectivity index (χ0v) is 14.2. The lowest BCUT2D eigenvalue weighted by molar-refractivity contribution is 0.105. The van der Waals surface area contributed by atoms with Crippen molar-refractivity contribution >= 4 is 16.9 Å². The number of allylic oxidation sites excluding steroid dienone is 5. The largest absolute Gasteiger partial charge is 0.378 e. The number of fused-ring (bicyclic) bond motifs is 3. The van der Waals surface area contributed by atoms with Crippen molar-refractivity contribution in [3.8, 4) is 0 Å². The number of rotatable bonds is 2. The average Bonchev–Trinajstić information content (AvgIpc) is 3.14. The molecule has 0 unspecified atom stereocenters. The maximum atomic E-state index is 13.2. The molecule has 2 aromatic rings. The van der Waals surface area contributed by atoms with Crippen molar-refractivity contribution in [1.82, 2.24) is 10.1 Å². The SMILES string of the molecule is Cc1noc(C)c1C1=C2C=C(N(C)C)C=C2c2ccccc2C1=O. The summed E-state index contributed by atoms with van der Waals surface area (Å²) < 4.78 is 5.32. The fourth-order valence-corrected chi connectivity index (χ4v) is 3.44. The first-order valence-electron chi connectivity index (χ1n) is 7.91. The van der Waals surface area contributed by atoms with Crippen LogP contribution in [0.2, 0.25) is 0 Å². The normalized spacial score (nSPS) is 15.9. The number of carbonyl (C=O) groups is 1. The lowest BCUT2D eigenvalue weighted by Gasteiger charge is -2.21. The number of benzene rings is 1. The molecule has 0 bridgehead atoms. The van der Waals surface area contributed by atoms with Gasteiger partial charge in [0.1, 0.15) is 5.76 Å². The Morgan fingerprint density at radius 3 is 2.38 bits per heavy atom. The fraction of sp³-hybridized carbons (Fsp3) is 0.200. The number of Topliss-reactive ketones (excluding diaryl/α,β-unsaturated/α-hetero) is 1. The number of hydrogen-bond acceptors (Lipinski definition) is 4. The summed E-state index contributed by atoms with van der Waals surface area (Å²) in [5.41, 5.74) is 7.08. The van der Waals surface area contributed by atoms with E-state index in [9.17, 15) is 4.79 Å². The van der Waals surface area contributed by atoms with Gasteiger partial charge in [-0.15, -0.1) is 0 Å². The molecule has 0 aliphatic heterocycles. The van der Waals surface area contributed by atoms with Crippen LogP contribution in [0.4, 0.5) is 0 Å². The van der Waals surface area contributed by atoms with Crippen molar-refractivity contribution in [3.05, 3.63) is 75.8 Å². The van der Waals surface area contributed by atoms with Gasteiger partial charge in [-0.05, 0) is 42.7 Å². The van der Waals surface area contributed by atoms with E-state index in [1.807, 2.05) is 52.2 Å². The van der Waals surface area contributed by atoms with Gasteiger partial charge in [-0.2, -0.15) is 0 Å². The number of ketones is 1. The summed E-state index contributed by atoms with van der Waals surface area (Å²) in [6, 6.07) is 7.78. The van der Waals surface area contributed by atoms with Crippen LogP contribution in [-0.4, -0.2) is 29.9 Å². The Bertz CT molecular complexity index is 952. The van der Waals surface area contributed by atoms with Gasteiger partial charge in [0.25, 0.3) is 0 Å². The number of nitrogens with zero attached hydrogens (tertiary/aromatic N) is 2. The van der Waals surface area contributed by atoms with Crippen molar-refractivity contribution in [2.24, 2.45) is 0 Å². The van der Waals surface area contributed by atoms with Crippen molar-refractivity contribution in [1.29, 1.82) is 0 Å². The molecule has 24 heavy (non-hydrogen) atoms. The minimum Gasteiger partial charge on any atom is -0.378 e. The van der Waals surface area contributed by atoms with E-state index in [0.29, 0.717) is 11.3 Å². The summed E-state index contributed by atoms with van der Waals surface area (Å²) in [5.74, 6) is 0.706. The topological polar surface area (TPSA) is 46.3 Å². The van der Waals surface area contributed by atoms with Gasteiger partial charge in [0, 0.05) is 30.9 Å². The average molecular weight is 318 g/mol. The third-order valence-electron chi connectivity index (χ3n) is 4.63. The molecule has 1 aromatic carbocycles. The minimum absolute atomic E-state index is 0.0309. The molecule has 1 aromatic heterocycles. The maximum absolute atomic E-state index is 13.2. The number of likely N-dealkylation sites (N-methyl/N-ethyl adjacent to an activating group) is 1. The van der Waals surface area contributed by atoms with Gasteiger partial charge >= 0.3 is 0 Å². The smallest absolute Gasteiger partial charge is 0.195 e. The second kappa shape index (κ2) is 5.06. The molecular formula is C20H18N2O2. The molecule has 1 heterocycles. The number of hydrogen-bond donors (Lipinski definition) is 0. The molecule has 2 aliphatic rings. The Kier molecular flexibility index (Phi) is 3.10. The van der Waals surface area contributed by atoms with E-state index in [1.54, 1.807) is 0 Å². The molecule has 0 saturated heterocycles. The lowest BCUT2D eigenvalue weighted by atomic mass is 9.79. The molecule has 0 amide bonds. The monoisotopic (exact) mass is 318 g/mol. The molecule has 0 N–H and O–H groups in total. The molecular weight excluding hydrogens is 300 g/mol. The summed E-state index contributed by atoms with van der Waals surface area (Å²) in [7, 11) is 4.01. The molecule has 120 valence electrons. The summed E-state index contributed by atoms with van der Waals surface area (Å²) in [5, 5.41) is 4.04. The van der Waals surface area contributed by atoms with E-state index in [2.05, 4.69) is 22.2 Å². The van der Waals surface area contributed by atoms with Crippen LogP contribution in [0.25, 0.3) is 11.1 Å². The Labute approximate surface area is 140 Å². The van der Waals surface area contributed by atoms with E-state index in [-0.39, 0.29) is 5.78 Å². The number of carbonyl (C=O) groups excluding carboxylic acids is 1. The van der Waals surface area contributed by atoms with E-state index in [1.165, 1.54) is 0 Å². The quantitative estimate of drug-likeness (QED) is 0.845. The number of aromatic nitrogens is 1. The zero-order chi connectivity index (χ0) is 17.0. The Morgan fingerprint density at radius 1 is 1.04 bits per heavy atom. The van der Waals surface area contributed by atoms with Crippen LogP contribution in [-0.2, 0) is 0 Å². The summed E-state index contributed by atoms with van der Waals surface area (Å²) in [6.45, 7) is 3.73. The first kappa shape index (κ1) is 14.7. The van der Waals surface area contributed by atoms with Crippen molar-refractivity contribution in [2.75, 3.05) is 14.1 Å². The fourth-order valence-electron chi connectivity index (χ4n) is 3.44. The van der Waals surface area contributed by atoms with Crippen LogP contribution in [0.5, 0.6) is 0 Å². The maximum Gasteiger partial charge on any atom is 0.195 e. The second-order valence-corrected chi connectivity index (χ2v) is 6.38. The minimum atomic E-state index is 0.0309. The van der Waals surface area contributed by atoms with Crippen molar-refractivity contribution in [2.45, 2.75) is 13.8 Å². The molecule has 2 aliphatic carbocycles. The Balaban J connectivity index is 2.07. The third kappa shape index (κ3) is 1.92. The highest BCUT2D eigenvalue weighted by atomic mass is 16.5. The molecule has 0 radical (unpaired) electrons. The van der Waals surface area contributed by atoms with Gasteiger partial charge in [0.15, 0.2) is 5.78 Å². The van der Waals surface area contributed by atoms with Gasteiger partial charge in [-0.3, -0.25) is 4.79 Å². The first-order valence-corrected chi connectivity index (χ1v) is 7.91. The Morgan fingerprint density at radius 2 is 1.75 bits per heavy atom. The van der Waals surface area contributed by atoms with Crippen LogP contribution < -0.4 is 0 Å². The highest BCUT2D eigenvalue weighted by Crippen LogP contribution is 2.45. The van der Waals surface area contributed by atoms with Gasteiger partial charge in [0.2, 0.25) is 0 Å². The highest BCUT2D eigenvalue weighted by Gasteiger charge is 2.34. The predicted octanol–water partition coefficient (Wildman–Crippen LogP) is 3.78. The third-order valence-corrected chi connectivity index (χ3v) is 4.63. The molecule has 4 heteroatoms. The Hall–Kier alpha value is -2.88. The van der Waals surface area contributed by atoms with Crippen molar-refractivity contribution < 1.29 is 9.32 Å². The van der Waals surface area contributed by atoms with Crippen LogP contribution in [0.3, 0.4) is 0 Å². The molecule has 0 saturated carbocycles. The zero-order valence-electron chi connectivity index (χ0n) is 14.2. The molecule has 0 fully saturated rings. The standard InChI is InChI=1S/C20H18N2O2/c1-11-18(12(2)24-21-11)19-17-10-13(22(3)4)9-16(17)14-7-5-6-8-15(14)20(19)23/h5-10H,1-4H3. The van der Waals surface area contributed by atoms with Crippen molar-refractivity contribution in [3.63, 3.8) is 0 Å². The molecule has 4 rings (SSSR count). The highest BCUT2D eigenvalue weighted by molar-refractivity contribution is 6.36. The molecule has 0 spiro atoms. The molecule has 0 atom stereocenters. The lowest BCUT2D eigenvalue weighted by Crippen LogP contribution is -2.14. The summed E-state index contributed by atoms with van der Waals surface area (Å²) in [6.07, 6.45) is 4.21. The van der Waals surface area contributed by atoms with E-state index < -0.39 is 0 Å². The van der Waals surface area contributed by atoms with E-state index >= 15 is 0 Å². The van der Waals surface area contributed by atoms with Crippen LogP contribution >= 0.6 is 0 Å². The van der Waals surface area contributed by atoms with Gasteiger partial charge in [-0.1, -0.05) is 29.4 Å². The van der Waals surface area contributed by atoms with Gasteiger partial charge < -0.3 is 9.42 Å². The van der Waals surface area contributed by atoms with Gasteiger partial charge in [-0.25, -0.2) is 0 Å². The predicted molar refractivity (Wildman–Crippen MR) is 93.4 cm³/mol. The number of aryl methyl sites for hydroxylation is 2. The first-order chi connectivity index (χ1) is 11.5. The summed E-state index contributed by atoms with van der Waals surface area (Å²) >= 11 is 0. The van der Waals surface area contributed by atoms with Crippen LogP contribution in [0.15, 0.2) is 52.2 Å². The molecule has 4 nitrogen and oxygen atoms in total.